The van der Waals surface area contributed by atoms with Gasteiger partial charge < -0.3 is 4.90 Å². The fraction of sp³-hybridized carbons (Fsp3) is 0.417. The molecule has 15 heavy (non-hydrogen) atoms. The van der Waals surface area contributed by atoms with Crippen LogP contribution in [-0.2, 0) is 4.79 Å². The Morgan fingerprint density at radius 1 is 1.40 bits per heavy atom. The van der Waals surface area contributed by atoms with Crippen LogP contribution >= 0.6 is 11.8 Å². The Labute approximate surface area is 94.7 Å². The van der Waals surface area contributed by atoms with E-state index in [-0.39, 0.29) is 11.2 Å². The second-order valence-corrected chi connectivity index (χ2v) is 5.05. The monoisotopic (exact) mass is 221 g/mol. The lowest BCUT2D eigenvalue weighted by atomic mass is 10.2. The van der Waals surface area contributed by atoms with Crippen LogP contribution in [0.1, 0.15) is 12.8 Å². The van der Waals surface area contributed by atoms with Gasteiger partial charge in [0, 0.05) is 12.7 Å². The fourth-order valence-electron chi connectivity index (χ4n) is 1.77. The first kappa shape index (κ1) is 10.6. The quantitative estimate of drug-likeness (QED) is 0.765. The van der Waals surface area contributed by atoms with E-state index in [0.29, 0.717) is 0 Å². The van der Waals surface area contributed by atoms with Crippen molar-refractivity contribution in [3.8, 4) is 0 Å². The standard InChI is InChI=1S/C12H15NOS/c1-13(10-6-3-2-4-7-10)12(14)11-8-5-9-15-11/h2-4,6-7,11H,5,8-9H2,1H3. The molecule has 1 saturated heterocycles. The molecular formula is C12H15NOS. The summed E-state index contributed by atoms with van der Waals surface area (Å²) in [6.07, 6.45) is 2.20. The van der Waals surface area contributed by atoms with Crippen molar-refractivity contribution in [3.63, 3.8) is 0 Å². The Balaban J connectivity index is 2.07. The van der Waals surface area contributed by atoms with Gasteiger partial charge in [-0.2, -0.15) is 0 Å². The van der Waals surface area contributed by atoms with Gasteiger partial charge in [-0.1, -0.05) is 18.2 Å². The number of para-hydroxylation sites is 1. The van der Waals surface area contributed by atoms with Crippen molar-refractivity contribution in [1.29, 1.82) is 0 Å². The Kier molecular flexibility index (Phi) is 3.31. The maximum Gasteiger partial charge on any atom is 0.239 e. The Bertz CT molecular complexity index is 333. The predicted octanol–water partition coefficient (Wildman–Crippen LogP) is 2.55. The first-order valence-electron chi connectivity index (χ1n) is 5.23. The zero-order valence-corrected chi connectivity index (χ0v) is 9.67. The van der Waals surface area contributed by atoms with Crippen molar-refractivity contribution in [2.24, 2.45) is 0 Å². The maximum atomic E-state index is 12.1. The molecule has 1 aromatic carbocycles. The molecule has 1 aliphatic rings. The molecular weight excluding hydrogens is 206 g/mol. The van der Waals surface area contributed by atoms with Gasteiger partial charge in [-0.3, -0.25) is 4.79 Å². The third-order valence-corrected chi connectivity index (χ3v) is 4.04. The Morgan fingerprint density at radius 3 is 2.73 bits per heavy atom. The lowest BCUT2D eigenvalue weighted by Crippen LogP contribution is -2.33. The van der Waals surface area contributed by atoms with Crippen molar-refractivity contribution < 1.29 is 4.79 Å². The van der Waals surface area contributed by atoms with Crippen molar-refractivity contribution in [1.82, 2.24) is 0 Å². The van der Waals surface area contributed by atoms with Gasteiger partial charge in [-0.25, -0.2) is 0 Å². The first-order valence-corrected chi connectivity index (χ1v) is 6.28. The molecule has 1 amide bonds. The molecule has 0 N–H and O–H groups in total. The smallest absolute Gasteiger partial charge is 0.239 e. The van der Waals surface area contributed by atoms with E-state index < -0.39 is 0 Å². The average Bonchev–Trinajstić information content (AvgIpc) is 2.82. The van der Waals surface area contributed by atoms with Crippen LogP contribution in [-0.4, -0.2) is 24.0 Å². The molecule has 1 atom stereocenters. The van der Waals surface area contributed by atoms with Gasteiger partial charge in [0.05, 0.1) is 5.25 Å². The molecule has 0 aliphatic carbocycles. The molecule has 1 fully saturated rings. The van der Waals surface area contributed by atoms with Gasteiger partial charge in [0.2, 0.25) is 5.91 Å². The van der Waals surface area contributed by atoms with Crippen LogP contribution in [0.2, 0.25) is 0 Å². The minimum Gasteiger partial charge on any atom is -0.315 e. The highest BCUT2D eigenvalue weighted by atomic mass is 32.2. The van der Waals surface area contributed by atoms with Crippen LogP contribution in [0.3, 0.4) is 0 Å². The van der Waals surface area contributed by atoms with E-state index in [1.54, 1.807) is 16.7 Å². The number of hydrogen-bond donors (Lipinski definition) is 0. The number of anilines is 1. The molecule has 0 spiro atoms. The molecule has 0 bridgehead atoms. The summed E-state index contributed by atoms with van der Waals surface area (Å²) in [6, 6.07) is 9.82. The second kappa shape index (κ2) is 4.71. The van der Waals surface area contributed by atoms with E-state index in [1.165, 1.54) is 6.42 Å². The molecule has 1 unspecified atom stereocenters. The van der Waals surface area contributed by atoms with Crippen molar-refractivity contribution in [3.05, 3.63) is 30.3 Å². The lowest BCUT2D eigenvalue weighted by molar-refractivity contribution is -0.117. The SMILES string of the molecule is CN(C(=O)C1CCCS1)c1ccccc1. The summed E-state index contributed by atoms with van der Waals surface area (Å²) in [7, 11) is 1.86. The van der Waals surface area contributed by atoms with E-state index in [9.17, 15) is 4.79 Å². The van der Waals surface area contributed by atoms with Crippen molar-refractivity contribution >= 4 is 23.4 Å². The van der Waals surface area contributed by atoms with Crippen LogP contribution in [0, 0.1) is 0 Å². The highest BCUT2D eigenvalue weighted by Gasteiger charge is 2.26. The Hall–Kier alpha value is -0.960. The second-order valence-electron chi connectivity index (χ2n) is 3.73. The minimum atomic E-state index is 0.176. The maximum absolute atomic E-state index is 12.1. The largest absolute Gasteiger partial charge is 0.315 e. The van der Waals surface area contributed by atoms with Crippen LogP contribution in [0.4, 0.5) is 5.69 Å². The zero-order chi connectivity index (χ0) is 10.7. The molecule has 1 heterocycles. The van der Waals surface area contributed by atoms with Gasteiger partial charge >= 0.3 is 0 Å². The third-order valence-electron chi connectivity index (χ3n) is 2.68. The number of thioether (sulfide) groups is 1. The van der Waals surface area contributed by atoms with E-state index in [4.69, 9.17) is 0 Å². The van der Waals surface area contributed by atoms with E-state index >= 15 is 0 Å². The summed E-state index contributed by atoms with van der Waals surface area (Å²) in [5.74, 6) is 1.36. The van der Waals surface area contributed by atoms with Gasteiger partial charge in [-0.05, 0) is 30.7 Å². The van der Waals surface area contributed by atoms with Gasteiger partial charge in [0.1, 0.15) is 0 Å². The molecule has 1 aliphatic heterocycles. The normalized spacial score (nSPS) is 20.2. The first-order chi connectivity index (χ1) is 7.29. The number of amides is 1. The summed E-state index contributed by atoms with van der Waals surface area (Å²) < 4.78 is 0. The highest BCUT2D eigenvalue weighted by molar-refractivity contribution is 8.00. The highest BCUT2D eigenvalue weighted by Crippen LogP contribution is 2.28. The number of carbonyl (C=O) groups excluding carboxylic acids is 1. The van der Waals surface area contributed by atoms with Gasteiger partial charge in [0.15, 0.2) is 0 Å². The molecule has 1 aromatic rings. The molecule has 0 radical (unpaired) electrons. The lowest BCUT2D eigenvalue weighted by Gasteiger charge is -2.20. The summed E-state index contributed by atoms with van der Waals surface area (Å²) >= 11 is 1.78. The number of hydrogen-bond acceptors (Lipinski definition) is 2. The van der Waals surface area contributed by atoms with E-state index in [1.807, 2.05) is 37.4 Å². The van der Waals surface area contributed by atoms with E-state index in [2.05, 4.69) is 0 Å². The van der Waals surface area contributed by atoms with Gasteiger partial charge in [0.25, 0.3) is 0 Å². The van der Waals surface area contributed by atoms with Crippen LogP contribution in [0.5, 0.6) is 0 Å². The third kappa shape index (κ3) is 2.34. The van der Waals surface area contributed by atoms with Crippen LogP contribution in [0.25, 0.3) is 0 Å². The molecule has 3 heteroatoms. The zero-order valence-electron chi connectivity index (χ0n) is 8.85. The van der Waals surface area contributed by atoms with Crippen molar-refractivity contribution in [2.45, 2.75) is 18.1 Å². The predicted molar refractivity (Wildman–Crippen MR) is 65.3 cm³/mol. The summed E-state index contributed by atoms with van der Waals surface area (Å²) in [5, 5.41) is 0.176. The molecule has 80 valence electrons. The van der Waals surface area contributed by atoms with Crippen LogP contribution in [0.15, 0.2) is 30.3 Å². The molecule has 2 nitrogen and oxygen atoms in total. The summed E-state index contributed by atoms with van der Waals surface area (Å²) in [4.78, 5) is 13.8. The van der Waals surface area contributed by atoms with Crippen LogP contribution < -0.4 is 4.90 Å². The number of benzene rings is 1. The van der Waals surface area contributed by atoms with Crippen molar-refractivity contribution in [2.75, 3.05) is 17.7 Å². The van der Waals surface area contributed by atoms with E-state index in [0.717, 1.165) is 17.9 Å². The number of nitrogens with zero attached hydrogens (tertiary/aromatic N) is 1. The number of carbonyl (C=O) groups is 1. The number of rotatable bonds is 2. The topological polar surface area (TPSA) is 20.3 Å². The molecule has 0 aromatic heterocycles. The fourth-order valence-corrected chi connectivity index (χ4v) is 3.02. The molecule has 2 rings (SSSR count). The average molecular weight is 221 g/mol. The Morgan fingerprint density at radius 2 is 2.13 bits per heavy atom. The summed E-state index contributed by atoms with van der Waals surface area (Å²) in [5.41, 5.74) is 0.981. The minimum absolute atomic E-state index is 0.176. The summed E-state index contributed by atoms with van der Waals surface area (Å²) in [6.45, 7) is 0. The molecule has 0 saturated carbocycles. The van der Waals surface area contributed by atoms with Gasteiger partial charge in [-0.15, -0.1) is 11.8 Å².